The fourth-order valence-electron chi connectivity index (χ4n) is 2.09. The number of nitrogens with one attached hydrogen (secondary N) is 2. The molecule has 0 saturated heterocycles. The van der Waals surface area contributed by atoms with Crippen molar-refractivity contribution in [1.82, 2.24) is 10.6 Å². The molecule has 0 aliphatic heterocycles. The zero-order chi connectivity index (χ0) is 16.3. The lowest BCUT2D eigenvalue weighted by Crippen LogP contribution is -2.62. The summed E-state index contributed by atoms with van der Waals surface area (Å²) in [5.41, 5.74) is -1.14. The van der Waals surface area contributed by atoms with Crippen LogP contribution < -0.4 is 10.6 Å². The maximum absolute atomic E-state index is 10.9. The van der Waals surface area contributed by atoms with Gasteiger partial charge in [-0.25, -0.2) is 9.59 Å². The van der Waals surface area contributed by atoms with E-state index in [1.54, 1.807) is 41.5 Å². The molecule has 0 aromatic heterocycles. The fourth-order valence-corrected chi connectivity index (χ4v) is 2.09. The minimum atomic E-state index is -1.26. The molecule has 0 saturated carbocycles. The number of aliphatic hydroxyl groups is 1. The van der Waals surface area contributed by atoms with Crippen molar-refractivity contribution in [3.8, 4) is 0 Å². The quantitative estimate of drug-likeness (QED) is 0.540. The second kappa shape index (κ2) is 6.30. The van der Waals surface area contributed by atoms with E-state index in [9.17, 15) is 14.7 Å². The molecule has 0 radical (unpaired) electrons. The molecule has 0 spiro atoms. The standard InChI is InChI=1S/C13H26N2O5/c1-12(2,3)8(14-10(17)18)7(16)9(13(4,5)6)15-11(19)20/h7-9,14-16H,1-6H3,(H,17,18)(H,19,20). The molecule has 20 heavy (non-hydrogen) atoms. The van der Waals surface area contributed by atoms with Crippen LogP contribution in [0.4, 0.5) is 9.59 Å². The Kier molecular flexibility index (Phi) is 5.83. The smallest absolute Gasteiger partial charge is 0.404 e. The number of rotatable bonds is 4. The summed E-state index contributed by atoms with van der Waals surface area (Å²) in [6.45, 7) is 10.7. The molecular weight excluding hydrogens is 264 g/mol. The number of hydrogen-bond acceptors (Lipinski definition) is 3. The van der Waals surface area contributed by atoms with Crippen LogP contribution in [-0.4, -0.2) is 45.7 Å². The molecule has 2 unspecified atom stereocenters. The van der Waals surface area contributed by atoms with Crippen molar-refractivity contribution >= 4 is 12.2 Å². The second-order valence-corrected chi connectivity index (χ2v) is 7.08. The van der Waals surface area contributed by atoms with Gasteiger partial charge in [0.05, 0.1) is 18.2 Å². The van der Waals surface area contributed by atoms with Crippen LogP contribution in [0.15, 0.2) is 0 Å². The van der Waals surface area contributed by atoms with Crippen molar-refractivity contribution in [2.75, 3.05) is 0 Å². The molecule has 7 nitrogen and oxygen atoms in total. The van der Waals surface area contributed by atoms with E-state index in [-0.39, 0.29) is 0 Å². The van der Waals surface area contributed by atoms with E-state index in [0.717, 1.165) is 0 Å². The number of amides is 2. The predicted molar refractivity (Wildman–Crippen MR) is 74.8 cm³/mol. The Hall–Kier alpha value is -1.50. The monoisotopic (exact) mass is 290 g/mol. The molecule has 118 valence electrons. The van der Waals surface area contributed by atoms with Crippen molar-refractivity contribution in [1.29, 1.82) is 0 Å². The highest BCUT2D eigenvalue weighted by Crippen LogP contribution is 2.30. The Morgan fingerprint density at radius 3 is 1.20 bits per heavy atom. The predicted octanol–water partition coefficient (Wildman–Crippen LogP) is 1.71. The minimum Gasteiger partial charge on any atom is -0.465 e. The summed E-state index contributed by atoms with van der Waals surface area (Å²) in [6.07, 6.45) is -3.71. The first-order valence-corrected chi connectivity index (χ1v) is 6.44. The molecule has 5 N–H and O–H groups in total. The topological polar surface area (TPSA) is 119 Å². The van der Waals surface area contributed by atoms with E-state index in [4.69, 9.17) is 10.2 Å². The maximum atomic E-state index is 10.9. The van der Waals surface area contributed by atoms with Crippen LogP contribution in [0.3, 0.4) is 0 Å². The summed E-state index contributed by atoms with van der Waals surface area (Å²) in [4.78, 5) is 21.8. The average Bonchev–Trinajstić information content (AvgIpc) is 2.18. The molecular formula is C13H26N2O5. The van der Waals surface area contributed by atoms with Gasteiger partial charge < -0.3 is 26.0 Å². The molecule has 0 aliphatic carbocycles. The van der Waals surface area contributed by atoms with E-state index in [1.807, 2.05) is 0 Å². The summed E-state index contributed by atoms with van der Waals surface area (Å²) < 4.78 is 0. The number of carboxylic acid groups (broad SMARTS) is 2. The molecule has 2 atom stereocenters. The van der Waals surface area contributed by atoms with Gasteiger partial charge in [-0.05, 0) is 10.8 Å². The molecule has 0 aliphatic rings. The third kappa shape index (κ3) is 5.64. The largest absolute Gasteiger partial charge is 0.465 e. The zero-order valence-corrected chi connectivity index (χ0v) is 12.9. The Morgan fingerprint density at radius 1 is 0.800 bits per heavy atom. The summed E-state index contributed by atoms with van der Waals surface area (Å²) in [5.74, 6) is 0. The van der Waals surface area contributed by atoms with Crippen molar-refractivity contribution in [3.05, 3.63) is 0 Å². The molecule has 2 amide bonds. The van der Waals surface area contributed by atoms with Crippen LogP contribution in [0.1, 0.15) is 41.5 Å². The van der Waals surface area contributed by atoms with Gasteiger partial charge in [0, 0.05) is 0 Å². The molecule has 0 rings (SSSR count). The van der Waals surface area contributed by atoms with Crippen molar-refractivity contribution in [2.45, 2.75) is 59.7 Å². The van der Waals surface area contributed by atoms with Crippen LogP contribution in [0.5, 0.6) is 0 Å². The van der Waals surface area contributed by atoms with E-state index in [1.165, 1.54) is 0 Å². The van der Waals surface area contributed by atoms with Gasteiger partial charge in [-0.1, -0.05) is 41.5 Å². The Bertz CT molecular complexity index is 323. The first-order valence-electron chi connectivity index (χ1n) is 6.44. The molecule has 0 fully saturated rings. The van der Waals surface area contributed by atoms with Crippen LogP contribution in [0.25, 0.3) is 0 Å². The van der Waals surface area contributed by atoms with Gasteiger partial charge in [-0.2, -0.15) is 0 Å². The Balaban J connectivity index is 5.40. The SMILES string of the molecule is CC(C)(C)C(NC(=O)O)C(O)C(NC(=O)O)C(C)(C)C. The molecule has 0 bridgehead atoms. The van der Waals surface area contributed by atoms with Crippen molar-refractivity contribution in [2.24, 2.45) is 10.8 Å². The summed E-state index contributed by atoms with van der Waals surface area (Å²) in [5, 5.41) is 32.9. The summed E-state index contributed by atoms with van der Waals surface area (Å²) in [7, 11) is 0. The molecule has 0 aromatic carbocycles. The highest BCUT2D eigenvalue weighted by molar-refractivity contribution is 5.66. The van der Waals surface area contributed by atoms with Gasteiger partial charge in [0.1, 0.15) is 0 Å². The first kappa shape index (κ1) is 18.5. The zero-order valence-electron chi connectivity index (χ0n) is 12.9. The van der Waals surface area contributed by atoms with Crippen LogP contribution in [0.2, 0.25) is 0 Å². The van der Waals surface area contributed by atoms with Crippen molar-refractivity contribution < 1.29 is 24.9 Å². The number of hydrogen-bond donors (Lipinski definition) is 5. The third-order valence-corrected chi connectivity index (χ3v) is 3.11. The van der Waals surface area contributed by atoms with Gasteiger partial charge in [0.15, 0.2) is 0 Å². The Morgan fingerprint density at radius 2 is 1.05 bits per heavy atom. The fraction of sp³-hybridized carbons (Fsp3) is 0.846. The van der Waals surface area contributed by atoms with Crippen LogP contribution >= 0.6 is 0 Å². The van der Waals surface area contributed by atoms with E-state index in [0.29, 0.717) is 0 Å². The highest BCUT2D eigenvalue weighted by Gasteiger charge is 2.42. The van der Waals surface area contributed by atoms with Crippen LogP contribution in [0, 0.1) is 10.8 Å². The van der Waals surface area contributed by atoms with E-state index < -0.39 is 41.2 Å². The van der Waals surface area contributed by atoms with E-state index in [2.05, 4.69) is 10.6 Å². The minimum absolute atomic E-state index is 0.568. The second-order valence-electron chi connectivity index (χ2n) is 7.08. The molecule has 0 heterocycles. The lowest BCUT2D eigenvalue weighted by Gasteiger charge is -2.42. The molecule has 0 aromatic rings. The number of aliphatic hydroxyl groups excluding tert-OH is 1. The summed E-state index contributed by atoms with van der Waals surface area (Å²) >= 11 is 0. The van der Waals surface area contributed by atoms with Gasteiger partial charge in [0.2, 0.25) is 0 Å². The van der Waals surface area contributed by atoms with Crippen LogP contribution in [-0.2, 0) is 0 Å². The normalized spacial score (nSPS) is 16.9. The Labute approximate surface area is 119 Å². The lowest BCUT2D eigenvalue weighted by atomic mass is 9.74. The maximum Gasteiger partial charge on any atom is 0.404 e. The van der Waals surface area contributed by atoms with Gasteiger partial charge in [0.25, 0.3) is 0 Å². The highest BCUT2D eigenvalue weighted by atomic mass is 16.4. The molecule has 7 heteroatoms. The first-order chi connectivity index (χ1) is 8.76. The van der Waals surface area contributed by atoms with Gasteiger partial charge in [-0.3, -0.25) is 0 Å². The average molecular weight is 290 g/mol. The third-order valence-electron chi connectivity index (χ3n) is 3.11. The van der Waals surface area contributed by atoms with E-state index >= 15 is 0 Å². The lowest BCUT2D eigenvalue weighted by molar-refractivity contribution is 0.00918. The van der Waals surface area contributed by atoms with Crippen molar-refractivity contribution in [3.63, 3.8) is 0 Å². The summed E-state index contributed by atoms with van der Waals surface area (Å²) in [6, 6.07) is -1.62. The number of carbonyl (C=O) groups is 2. The van der Waals surface area contributed by atoms with Gasteiger partial charge in [-0.15, -0.1) is 0 Å². The van der Waals surface area contributed by atoms with Gasteiger partial charge >= 0.3 is 12.2 Å².